The van der Waals surface area contributed by atoms with Crippen LogP contribution in [-0.4, -0.2) is 60.1 Å². The lowest BCUT2D eigenvalue weighted by molar-refractivity contribution is -0.127. The van der Waals surface area contributed by atoms with Crippen LogP contribution in [0.25, 0.3) is 0 Å². The average Bonchev–Trinajstić information content (AvgIpc) is 3.30. The largest absolute Gasteiger partial charge is 0.342 e. The van der Waals surface area contributed by atoms with Gasteiger partial charge in [0.05, 0.1) is 11.3 Å². The highest BCUT2D eigenvalue weighted by molar-refractivity contribution is 8.00. The number of hydrogen-bond acceptors (Lipinski definition) is 4. The van der Waals surface area contributed by atoms with Gasteiger partial charge in [0.25, 0.3) is 5.91 Å². The zero-order valence-electron chi connectivity index (χ0n) is 13.9. The van der Waals surface area contributed by atoms with E-state index in [1.165, 1.54) is 11.8 Å². The lowest BCUT2D eigenvalue weighted by Crippen LogP contribution is -2.30. The zero-order valence-corrected chi connectivity index (χ0v) is 14.8. The van der Waals surface area contributed by atoms with Crippen LogP contribution in [0.1, 0.15) is 29.6 Å². The summed E-state index contributed by atoms with van der Waals surface area (Å²) in [5.74, 6) is 1.03. The van der Waals surface area contributed by atoms with E-state index in [4.69, 9.17) is 5.73 Å². The van der Waals surface area contributed by atoms with Crippen molar-refractivity contribution in [3.8, 4) is 0 Å². The minimum absolute atomic E-state index is 0.0580. The van der Waals surface area contributed by atoms with Gasteiger partial charge in [0.2, 0.25) is 5.91 Å². The van der Waals surface area contributed by atoms with Gasteiger partial charge in [0, 0.05) is 31.1 Å². The smallest absolute Gasteiger partial charge is 0.254 e. The van der Waals surface area contributed by atoms with Crippen LogP contribution in [0.2, 0.25) is 0 Å². The average molecular weight is 347 g/mol. The number of nitrogens with two attached hydrogens (primary N) is 1. The fraction of sp³-hybridized carbons (Fsp3) is 0.556. The summed E-state index contributed by atoms with van der Waals surface area (Å²) in [4.78, 5) is 29.7. The van der Waals surface area contributed by atoms with Crippen molar-refractivity contribution < 1.29 is 9.59 Å². The topological polar surface area (TPSA) is 66.6 Å². The summed E-state index contributed by atoms with van der Waals surface area (Å²) in [5, 5.41) is 0. The number of rotatable bonds is 5. The molecular weight excluding hydrogens is 322 g/mol. The van der Waals surface area contributed by atoms with Gasteiger partial charge in [-0.3, -0.25) is 9.59 Å². The first-order valence-corrected chi connectivity index (χ1v) is 9.66. The van der Waals surface area contributed by atoms with Gasteiger partial charge in [-0.15, -0.1) is 11.8 Å². The Morgan fingerprint density at radius 1 is 1.12 bits per heavy atom. The molecule has 5 nitrogen and oxygen atoms in total. The highest BCUT2D eigenvalue weighted by atomic mass is 32.2. The predicted molar refractivity (Wildman–Crippen MR) is 96.0 cm³/mol. The maximum atomic E-state index is 12.8. The van der Waals surface area contributed by atoms with Crippen molar-refractivity contribution in [1.82, 2.24) is 9.80 Å². The number of nitrogens with zero attached hydrogens (tertiary/aromatic N) is 2. The van der Waals surface area contributed by atoms with Crippen LogP contribution in [0, 0.1) is 5.92 Å². The minimum Gasteiger partial charge on any atom is -0.342 e. The van der Waals surface area contributed by atoms with E-state index in [9.17, 15) is 9.59 Å². The molecule has 0 bridgehead atoms. The molecule has 0 radical (unpaired) electrons. The molecule has 3 rings (SSSR count). The summed E-state index contributed by atoms with van der Waals surface area (Å²) >= 11 is 1.47. The van der Waals surface area contributed by atoms with Gasteiger partial charge in [-0.2, -0.15) is 0 Å². The molecule has 1 unspecified atom stereocenters. The molecule has 6 heteroatoms. The fourth-order valence-corrected chi connectivity index (χ4v) is 4.29. The molecule has 1 aromatic rings. The summed E-state index contributed by atoms with van der Waals surface area (Å²) in [5.41, 5.74) is 6.42. The maximum Gasteiger partial charge on any atom is 0.254 e. The monoisotopic (exact) mass is 347 g/mol. The molecule has 1 atom stereocenters. The Morgan fingerprint density at radius 2 is 1.88 bits per heavy atom. The Kier molecular flexibility index (Phi) is 5.79. The number of carbonyl (C=O) groups is 2. The normalized spacial score (nSPS) is 20.6. The van der Waals surface area contributed by atoms with E-state index in [1.807, 2.05) is 34.1 Å². The number of thioether (sulfide) groups is 1. The third kappa shape index (κ3) is 3.92. The maximum absolute atomic E-state index is 12.8. The Hall–Kier alpha value is -1.53. The van der Waals surface area contributed by atoms with Gasteiger partial charge in [-0.05, 0) is 43.9 Å². The first-order valence-electron chi connectivity index (χ1n) is 8.68. The number of carbonyl (C=O) groups excluding carboxylic acids is 2. The van der Waals surface area contributed by atoms with Crippen LogP contribution in [0.15, 0.2) is 29.2 Å². The van der Waals surface area contributed by atoms with Crippen LogP contribution in [-0.2, 0) is 4.79 Å². The molecule has 2 aliphatic rings. The molecule has 2 saturated heterocycles. The van der Waals surface area contributed by atoms with E-state index in [-0.39, 0.29) is 11.8 Å². The van der Waals surface area contributed by atoms with Crippen LogP contribution >= 0.6 is 11.8 Å². The Morgan fingerprint density at radius 3 is 2.58 bits per heavy atom. The molecule has 2 aliphatic heterocycles. The van der Waals surface area contributed by atoms with Crippen LogP contribution in [0.3, 0.4) is 0 Å². The highest BCUT2D eigenvalue weighted by Gasteiger charge is 2.27. The van der Waals surface area contributed by atoms with Gasteiger partial charge < -0.3 is 15.5 Å². The molecule has 2 amide bonds. The van der Waals surface area contributed by atoms with E-state index in [0.717, 1.165) is 50.3 Å². The second kappa shape index (κ2) is 8.03. The lowest BCUT2D eigenvalue weighted by Gasteiger charge is -2.19. The van der Waals surface area contributed by atoms with E-state index in [0.29, 0.717) is 23.8 Å². The van der Waals surface area contributed by atoms with Crippen molar-refractivity contribution in [2.24, 2.45) is 11.7 Å². The molecule has 24 heavy (non-hydrogen) atoms. The van der Waals surface area contributed by atoms with Gasteiger partial charge in [-0.1, -0.05) is 12.1 Å². The van der Waals surface area contributed by atoms with Gasteiger partial charge in [-0.25, -0.2) is 0 Å². The first-order chi connectivity index (χ1) is 11.7. The zero-order chi connectivity index (χ0) is 16.9. The van der Waals surface area contributed by atoms with Crippen LogP contribution < -0.4 is 5.73 Å². The van der Waals surface area contributed by atoms with Crippen LogP contribution in [0.5, 0.6) is 0 Å². The molecule has 0 aliphatic carbocycles. The van der Waals surface area contributed by atoms with E-state index < -0.39 is 0 Å². The molecule has 0 saturated carbocycles. The van der Waals surface area contributed by atoms with Gasteiger partial charge in [0.15, 0.2) is 0 Å². The van der Waals surface area contributed by atoms with Gasteiger partial charge in [0.1, 0.15) is 0 Å². The second-order valence-corrected chi connectivity index (χ2v) is 7.53. The van der Waals surface area contributed by atoms with Crippen molar-refractivity contribution in [3.05, 3.63) is 29.8 Å². The third-order valence-electron chi connectivity index (χ3n) is 4.83. The fourth-order valence-electron chi connectivity index (χ4n) is 3.35. The molecule has 2 fully saturated rings. The van der Waals surface area contributed by atoms with Crippen molar-refractivity contribution in [3.63, 3.8) is 0 Å². The van der Waals surface area contributed by atoms with Gasteiger partial charge >= 0.3 is 0 Å². The minimum atomic E-state index is 0.0580. The Bertz CT molecular complexity index is 602. The molecular formula is C18H25N3O2S. The number of amides is 2. The Balaban J connectivity index is 1.64. The van der Waals surface area contributed by atoms with Crippen molar-refractivity contribution in [2.75, 3.05) is 38.5 Å². The number of likely N-dealkylation sites (tertiary alicyclic amines) is 2. The molecule has 1 aromatic carbocycles. The summed E-state index contributed by atoms with van der Waals surface area (Å²) < 4.78 is 0. The highest BCUT2D eigenvalue weighted by Crippen LogP contribution is 2.26. The first kappa shape index (κ1) is 17.3. The van der Waals surface area contributed by atoms with E-state index in [2.05, 4.69) is 0 Å². The molecule has 2 N–H and O–H groups in total. The van der Waals surface area contributed by atoms with Crippen LogP contribution in [0.4, 0.5) is 0 Å². The third-order valence-corrected chi connectivity index (χ3v) is 5.89. The molecule has 0 aromatic heterocycles. The molecule has 2 heterocycles. The number of benzene rings is 1. The molecule has 0 spiro atoms. The Labute approximate surface area is 147 Å². The predicted octanol–water partition coefficient (Wildman–Crippen LogP) is 1.82. The quantitative estimate of drug-likeness (QED) is 0.825. The number of hydrogen-bond donors (Lipinski definition) is 1. The molecule has 130 valence electrons. The van der Waals surface area contributed by atoms with E-state index >= 15 is 0 Å². The van der Waals surface area contributed by atoms with E-state index in [1.54, 1.807) is 0 Å². The summed E-state index contributed by atoms with van der Waals surface area (Å²) in [6, 6.07) is 7.61. The second-order valence-electron chi connectivity index (χ2n) is 6.51. The summed E-state index contributed by atoms with van der Waals surface area (Å²) in [6.45, 7) is 3.88. The standard InChI is InChI=1S/C18H25N3O2S/c19-11-14-7-10-21(12-14)18(23)15-5-1-2-6-16(15)24-13-17(22)20-8-3-4-9-20/h1-2,5-6,14H,3-4,7-13,19H2. The summed E-state index contributed by atoms with van der Waals surface area (Å²) in [7, 11) is 0. The lowest BCUT2D eigenvalue weighted by atomic mass is 10.1. The van der Waals surface area contributed by atoms with Crippen molar-refractivity contribution in [2.45, 2.75) is 24.2 Å². The summed E-state index contributed by atoms with van der Waals surface area (Å²) in [6.07, 6.45) is 3.18. The van der Waals surface area contributed by atoms with Crippen molar-refractivity contribution >= 4 is 23.6 Å². The van der Waals surface area contributed by atoms with Crippen molar-refractivity contribution in [1.29, 1.82) is 0 Å². The SMILES string of the molecule is NCC1CCN(C(=O)c2ccccc2SCC(=O)N2CCCC2)C1.